The third kappa shape index (κ3) is 9.58. The van der Waals surface area contributed by atoms with Crippen molar-refractivity contribution in [2.75, 3.05) is 38.2 Å². The Hall–Kier alpha value is -4.71. The highest BCUT2D eigenvalue weighted by Gasteiger charge is 2.30. The first-order valence-corrected chi connectivity index (χ1v) is 19.0. The number of aryl methyl sites for hydroxylation is 1. The Bertz CT molecular complexity index is 2000. The minimum atomic E-state index is -1.12. The Morgan fingerprint density at radius 1 is 1.10 bits per heavy atom. The van der Waals surface area contributed by atoms with E-state index < -0.39 is 27.8 Å². The lowest BCUT2D eigenvalue weighted by atomic mass is 9.93. The van der Waals surface area contributed by atoms with E-state index in [1.54, 1.807) is 46.1 Å². The van der Waals surface area contributed by atoms with E-state index in [9.17, 15) is 18.2 Å². The number of rotatable bonds is 14. The number of imidazole rings is 1. The summed E-state index contributed by atoms with van der Waals surface area (Å²) >= 11 is 0. The van der Waals surface area contributed by atoms with Gasteiger partial charge in [0, 0.05) is 77.8 Å². The first kappa shape index (κ1) is 38.5. The van der Waals surface area contributed by atoms with Gasteiger partial charge in [0.2, 0.25) is 5.88 Å². The number of benzene rings is 2. The molecule has 1 unspecified atom stereocenters. The third-order valence-corrected chi connectivity index (χ3v) is 9.83. The van der Waals surface area contributed by atoms with Gasteiger partial charge in [-0.3, -0.25) is 13.8 Å². The molecule has 0 radical (unpaired) electrons. The molecule has 3 N–H and O–H groups in total. The third-order valence-electron chi connectivity index (χ3n) is 9.07. The number of ether oxygens (including phenoxy) is 2. The van der Waals surface area contributed by atoms with Gasteiger partial charge in [0.1, 0.15) is 12.4 Å². The minimum Gasteiger partial charge on any atom is -0.473 e. The fraction of sp³-hybridized carbons (Fsp3) is 0.447. The molecule has 0 saturated carbocycles. The Balaban J connectivity index is 1.27. The number of carbonyl (C=O) groups is 2. The number of aromatic nitrogens is 3. The molecular formula is C38H46FN7O5S. The van der Waals surface area contributed by atoms with Crippen molar-refractivity contribution in [2.45, 2.75) is 70.7 Å². The number of carbonyl (C=O) groups excluding carboxylic acids is 2. The van der Waals surface area contributed by atoms with E-state index in [0.717, 1.165) is 5.69 Å². The summed E-state index contributed by atoms with van der Waals surface area (Å²) in [4.78, 5) is 38.5. The molecule has 1 aliphatic heterocycles. The van der Waals surface area contributed by atoms with Crippen LogP contribution in [0.4, 0.5) is 4.39 Å². The molecule has 1 atom stereocenters. The van der Waals surface area contributed by atoms with Crippen LogP contribution in [0.5, 0.6) is 5.88 Å². The summed E-state index contributed by atoms with van der Waals surface area (Å²) in [6.07, 6.45) is 2.94. The average molecular weight is 732 g/mol. The van der Waals surface area contributed by atoms with Gasteiger partial charge in [-0.1, -0.05) is 12.1 Å². The van der Waals surface area contributed by atoms with Crippen molar-refractivity contribution in [1.29, 1.82) is 5.26 Å². The Morgan fingerprint density at radius 2 is 1.85 bits per heavy atom. The number of hydrogen-bond donors (Lipinski definition) is 2. The number of hydrogen-bond acceptors (Lipinski definition) is 9. The second kappa shape index (κ2) is 16.3. The number of nitrogens with two attached hydrogens (primary N) is 1. The summed E-state index contributed by atoms with van der Waals surface area (Å²) in [5, 5.41) is 12.0. The second-order valence-corrected chi connectivity index (χ2v) is 15.9. The number of nitrogens with one attached hydrogen (secondary N) is 1. The van der Waals surface area contributed by atoms with Gasteiger partial charge < -0.3 is 30.0 Å². The van der Waals surface area contributed by atoms with E-state index in [0.29, 0.717) is 72.8 Å². The van der Waals surface area contributed by atoms with Crippen LogP contribution in [0.1, 0.15) is 84.3 Å². The van der Waals surface area contributed by atoms with Crippen LogP contribution < -0.4 is 15.8 Å². The standard InChI is InChI=1S/C38H46FN7O5S/c1-37(2,24-51-38(3,4)23-41)44-35(47)27-11-12-31-32(20-27)46(17-18-52(5)49)34(43-31)36(48)45-15-13-26(14-16-45)30-7-6-8-33(42-30)50-22-28-10-9-25(21-40)19-29(28)39/h6-12,19-20,26H,13-18,22-24,41H2,1-5H3,(H,44,47). The molecule has 0 bridgehead atoms. The van der Waals surface area contributed by atoms with Crippen LogP contribution in [-0.4, -0.2) is 84.8 Å². The van der Waals surface area contributed by atoms with Crippen LogP contribution in [-0.2, 0) is 28.7 Å². The van der Waals surface area contributed by atoms with Crippen LogP contribution >= 0.6 is 0 Å². The largest absolute Gasteiger partial charge is 0.473 e. The maximum Gasteiger partial charge on any atom is 0.289 e. The van der Waals surface area contributed by atoms with Gasteiger partial charge in [0.15, 0.2) is 5.82 Å². The van der Waals surface area contributed by atoms with E-state index in [1.807, 2.05) is 45.9 Å². The smallest absolute Gasteiger partial charge is 0.289 e. The molecule has 12 nitrogen and oxygen atoms in total. The van der Waals surface area contributed by atoms with Crippen LogP contribution in [0.2, 0.25) is 0 Å². The maximum atomic E-state index is 14.3. The molecule has 1 saturated heterocycles. The molecule has 2 aromatic carbocycles. The average Bonchev–Trinajstić information content (AvgIpc) is 3.50. The van der Waals surface area contributed by atoms with E-state index in [1.165, 1.54) is 12.1 Å². The Labute approximate surface area is 306 Å². The number of piperidine rings is 1. The van der Waals surface area contributed by atoms with E-state index in [4.69, 9.17) is 25.5 Å². The van der Waals surface area contributed by atoms with Gasteiger partial charge in [0.25, 0.3) is 11.8 Å². The SMILES string of the molecule is CS(=O)CCn1c(C(=O)N2CCC(c3cccc(OCc4ccc(C#N)cc4F)n3)CC2)nc2ccc(C(=O)NC(C)(C)COC(C)(C)CN)cc21. The molecule has 5 rings (SSSR count). The first-order chi connectivity index (χ1) is 24.7. The zero-order chi connectivity index (χ0) is 37.6. The van der Waals surface area contributed by atoms with Gasteiger partial charge in [-0.15, -0.1) is 0 Å². The molecule has 1 aliphatic rings. The van der Waals surface area contributed by atoms with Crippen LogP contribution in [0.15, 0.2) is 54.6 Å². The van der Waals surface area contributed by atoms with Crippen LogP contribution in [0, 0.1) is 17.1 Å². The second-order valence-electron chi connectivity index (χ2n) is 14.3. The number of likely N-dealkylation sites (tertiary alicyclic amines) is 1. The maximum absolute atomic E-state index is 14.3. The zero-order valence-corrected chi connectivity index (χ0v) is 31.1. The summed E-state index contributed by atoms with van der Waals surface area (Å²) in [6, 6.07) is 16.8. The molecule has 52 heavy (non-hydrogen) atoms. The lowest BCUT2D eigenvalue weighted by Crippen LogP contribution is -2.49. The van der Waals surface area contributed by atoms with E-state index >= 15 is 0 Å². The molecule has 0 aliphatic carbocycles. The number of nitrogens with zero attached hydrogens (tertiary/aromatic N) is 5. The van der Waals surface area contributed by atoms with Crippen molar-refractivity contribution in [3.8, 4) is 11.9 Å². The van der Waals surface area contributed by atoms with Gasteiger partial charge >= 0.3 is 0 Å². The van der Waals surface area contributed by atoms with Crippen molar-refractivity contribution >= 4 is 33.6 Å². The number of pyridine rings is 1. The summed E-state index contributed by atoms with van der Waals surface area (Å²) < 4.78 is 40.0. The molecule has 276 valence electrons. The normalized spacial score (nSPS) is 14.6. The van der Waals surface area contributed by atoms with Gasteiger partial charge in [-0.05, 0) is 76.9 Å². The fourth-order valence-corrected chi connectivity index (χ4v) is 6.31. The number of nitriles is 1. The lowest BCUT2D eigenvalue weighted by molar-refractivity contribution is -0.0350. The summed E-state index contributed by atoms with van der Waals surface area (Å²) in [5.74, 6) is -0.0564. The molecular weight excluding hydrogens is 686 g/mol. The first-order valence-electron chi connectivity index (χ1n) is 17.2. The highest BCUT2D eigenvalue weighted by atomic mass is 32.2. The topological polar surface area (TPSA) is 165 Å². The van der Waals surface area contributed by atoms with E-state index in [2.05, 4.69) is 10.3 Å². The van der Waals surface area contributed by atoms with Gasteiger partial charge in [0.05, 0.1) is 40.4 Å². The summed E-state index contributed by atoms with van der Waals surface area (Å²) in [7, 11) is -1.12. The fourth-order valence-electron chi connectivity index (χ4n) is 5.87. The predicted molar refractivity (Wildman–Crippen MR) is 197 cm³/mol. The van der Waals surface area contributed by atoms with Gasteiger partial charge in [-0.25, -0.2) is 14.4 Å². The predicted octanol–water partition coefficient (Wildman–Crippen LogP) is 4.68. The zero-order valence-electron chi connectivity index (χ0n) is 30.3. The monoisotopic (exact) mass is 731 g/mol. The molecule has 4 aromatic rings. The van der Waals surface area contributed by atoms with Crippen LogP contribution in [0.3, 0.4) is 0 Å². The molecule has 2 aromatic heterocycles. The van der Waals surface area contributed by atoms with Crippen molar-refractivity contribution < 1.29 is 27.7 Å². The van der Waals surface area contributed by atoms with Crippen LogP contribution in [0.25, 0.3) is 11.0 Å². The highest BCUT2D eigenvalue weighted by molar-refractivity contribution is 7.84. The Kier molecular flexibility index (Phi) is 12.1. The number of halogens is 1. The van der Waals surface area contributed by atoms with Crippen molar-refractivity contribution in [3.63, 3.8) is 0 Å². The van der Waals surface area contributed by atoms with Crippen molar-refractivity contribution in [3.05, 3.63) is 88.6 Å². The van der Waals surface area contributed by atoms with Gasteiger partial charge in [-0.2, -0.15) is 5.26 Å². The minimum absolute atomic E-state index is 0.0274. The van der Waals surface area contributed by atoms with E-state index in [-0.39, 0.29) is 42.3 Å². The molecule has 3 heterocycles. The molecule has 14 heteroatoms. The van der Waals surface area contributed by atoms with Crippen molar-refractivity contribution in [2.24, 2.45) is 5.73 Å². The highest BCUT2D eigenvalue weighted by Crippen LogP contribution is 2.30. The number of amides is 2. The molecule has 1 fully saturated rings. The summed E-state index contributed by atoms with van der Waals surface area (Å²) in [6.45, 7) is 9.34. The molecule has 2 amide bonds. The van der Waals surface area contributed by atoms with Crippen molar-refractivity contribution in [1.82, 2.24) is 24.8 Å². The Morgan fingerprint density at radius 3 is 2.52 bits per heavy atom. The summed E-state index contributed by atoms with van der Waals surface area (Å²) in [5.41, 5.74) is 7.54. The lowest BCUT2D eigenvalue weighted by Gasteiger charge is -2.32. The number of fused-ring (bicyclic) bond motifs is 1. The molecule has 0 spiro atoms. The quantitative estimate of drug-likeness (QED) is 0.187.